The minimum Gasteiger partial charge on any atom is -0.383 e. The molecule has 2 aromatic heterocycles. The summed E-state index contributed by atoms with van der Waals surface area (Å²) in [6, 6.07) is 10.1. The standard InChI is InChI=1S/C20H24N4OS2/c1-4-8-15(14-9-6-5-7-10-14)22-16(25)11-26-20-23-18(21)17-12(2)13(3)27-19(17)24-20/h5-7,9-10,15H,4,8,11H2,1-3H3,(H,22,25)(H2,21,23,24). The molecule has 7 heteroatoms. The van der Waals surface area contributed by atoms with Crippen LogP contribution in [0.1, 0.15) is 41.8 Å². The molecule has 1 amide bonds. The average Bonchev–Trinajstić information content (AvgIpc) is 2.95. The van der Waals surface area contributed by atoms with Crippen LogP contribution in [0.2, 0.25) is 0 Å². The molecule has 2 heterocycles. The Labute approximate surface area is 167 Å². The highest BCUT2D eigenvalue weighted by Gasteiger charge is 2.16. The van der Waals surface area contributed by atoms with E-state index in [9.17, 15) is 4.79 Å². The topological polar surface area (TPSA) is 80.9 Å². The molecule has 3 N–H and O–H groups in total. The van der Waals surface area contributed by atoms with Gasteiger partial charge in [0, 0.05) is 4.88 Å². The van der Waals surface area contributed by atoms with Gasteiger partial charge in [-0.15, -0.1) is 11.3 Å². The molecular formula is C20H24N4OS2. The van der Waals surface area contributed by atoms with Crippen LogP contribution in [0.5, 0.6) is 0 Å². The lowest BCUT2D eigenvalue weighted by atomic mass is 10.0. The molecule has 27 heavy (non-hydrogen) atoms. The predicted octanol–water partition coefficient (Wildman–Crippen LogP) is 4.64. The van der Waals surface area contributed by atoms with E-state index in [1.165, 1.54) is 16.6 Å². The molecule has 0 aliphatic rings. The molecule has 1 unspecified atom stereocenters. The Morgan fingerprint density at radius 2 is 2.00 bits per heavy atom. The number of benzene rings is 1. The zero-order chi connectivity index (χ0) is 19.4. The van der Waals surface area contributed by atoms with E-state index >= 15 is 0 Å². The van der Waals surface area contributed by atoms with Crippen molar-refractivity contribution in [2.24, 2.45) is 0 Å². The number of nitrogens with one attached hydrogen (secondary N) is 1. The van der Waals surface area contributed by atoms with Crippen LogP contribution in [0.25, 0.3) is 10.2 Å². The smallest absolute Gasteiger partial charge is 0.230 e. The maximum absolute atomic E-state index is 12.5. The molecular weight excluding hydrogens is 376 g/mol. The van der Waals surface area contributed by atoms with Crippen molar-refractivity contribution >= 4 is 45.0 Å². The molecule has 0 aliphatic heterocycles. The maximum atomic E-state index is 12.5. The first-order valence-electron chi connectivity index (χ1n) is 9.00. The highest BCUT2D eigenvalue weighted by molar-refractivity contribution is 7.99. The third-order valence-corrected chi connectivity index (χ3v) is 6.43. The molecule has 0 spiro atoms. The SMILES string of the molecule is CCCC(NC(=O)CSc1nc(N)c2c(C)c(C)sc2n1)c1ccccc1. The summed E-state index contributed by atoms with van der Waals surface area (Å²) in [5.74, 6) is 0.724. The van der Waals surface area contributed by atoms with Crippen molar-refractivity contribution in [1.29, 1.82) is 0 Å². The van der Waals surface area contributed by atoms with E-state index in [4.69, 9.17) is 5.73 Å². The second-order valence-electron chi connectivity index (χ2n) is 6.46. The van der Waals surface area contributed by atoms with Crippen LogP contribution in [0.4, 0.5) is 5.82 Å². The molecule has 3 aromatic rings. The second-order valence-corrected chi connectivity index (χ2v) is 8.61. The number of nitrogens with zero attached hydrogens (tertiary/aromatic N) is 2. The van der Waals surface area contributed by atoms with E-state index in [0.29, 0.717) is 11.0 Å². The van der Waals surface area contributed by atoms with Crippen molar-refractivity contribution in [2.45, 2.75) is 44.8 Å². The van der Waals surface area contributed by atoms with Crippen molar-refractivity contribution in [1.82, 2.24) is 15.3 Å². The predicted molar refractivity (Wildman–Crippen MR) is 114 cm³/mol. The van der Waals surface area contributed by atoms with E-state index in [-0.39, 0.29) is 17.7 Å². The third-order valence-electron chi connectivity index (χ3n) is 4.48. The van der Waals surface area contributed by atoms with Gasteiger partial charge in [0.25, 0.3) is 0 Å². The van der Waals surface area contributed by atoms with Crippen molar-refractivity contribution in [3.05, 3.63) is 46.3 Å². The van der Waals surface area contributed by atoms with Crippen LogP contribution in [-0.4, -0.2) is 21.6 Å². The number of thioether (sulfide) groups is 1. The molecule has 0 saturated heterocycles. The van der Waals surface area contributed by atoms with Crippen molar-refractivity contribution in [3.63, 3.8) is 0 Å². The van der Waals surface area contributed by atoms with E-state index in [2.05, 4.69) is 29.1 Å². The van der Waals surface area contributed by atoms with Crippen LogP contribution >= 0.6 is 23.1 Å². The fourth-order valence-electron chi connectivity index (χ4n) is 2.99. The first kappa shape index (κ1) is 19.6. The largest absolute Gasteiger partial charge is 0.383 e. The first-order valence-corrected chi connectivity index (χ1v) is 10.8. The Hall–Kier alpha value is -2.12. The fraction of sp³-hybridized carbons (Fsp3) is 0.350. The molecule has 142 valence electrons. The number of aromatic nitrogens is 2. The Bertz CT molecular complexity index is 940. The van der Waals surface area contributed by atoms with Gasteiger partial charge >= 0.3 is 0 Å². The molecule has 0 aliphatic carbocycles. The highest BCUT2D eigenvalue weighted by atomic mass is 32.2. The Morgan fingerprint density at radius 1 is 1.26 bits per heavy atom. The molecule has 0 fully saturated rings. The van der Waals surface area contributed by atoms with Crippen molar-refractivity contribution < 1.29 is 4.79 Å². The number of carbonyl (C=O) groups excluding carboxylic acids is 1. The average molecular weight is 401 g/mol. The van der Waals surface area contributed by atoms with Crippen LogP contribution < -0.4 is 11.1 Å². The molecule has 0 radical (unpaired) electrons. The van der Waals surface area contributed by atoms with Gasteiger partial charge in [0.2, 0.25) is 5.91 Å². The molecule has 0 saturated carbocycles. The van der Waals surface area contributed by atoms with Gasteiger partial charge < -0.3 is 11.1 Å². The highest BCUT2D eigenvalue weighted by Crippen LogP contribution is 2.33. The summed E-state index contributed by atoms with van der Waals surface area (Å²) in [5, 5.41) is 4.60. The lowest BCUT2D eigenvalue weighted by Crippen LogP contribution is -2.30. The number of nitrogen functional groups attached to an aromatic ring is 1. The van der Waals surface area contributed by atoms with Gasteiger partial charge in [-0.25, -0.2) is 9.97 Å². The van der Waals surface area contributed by atoms with E-state index in [1.807, 2.05) is 37.3 Å². The number of hydrogen-bond donors (Lipinski definition) is 2. The normalized spacial score (nSPS) is 12.3. The second kappa shape index (κ2) is 8.71. The number of thiophene rings is 1. The summed E-state index contributed by atoms with van der Waals surface area (Å²) in [6.07, 6.45) is 1.91. The zero-order valence-corrected chi connectivity index (χ0v) is 17.4. The minimum absolute atomic E-state index is 0.0249. The van der Waals surface area contributed by atoms with Crippen molar-refractivity contribution in [2.75, 3.05) is 11.5 Å². The Kier molecular flexibility index (Phi) is 6.34. The third kappa shape index (κ3) is 4.59. The number of carbonyl (C=O) groups is 1. The number of fused-ring (bicyclic) bond motifs is 1. The summed E-state index contributed by atoms with van der Waals surface area (Å²) in [5.41, 5.74) is 8.38. The van der Waals surface area contributed by atoms with E-state index < -0.39 is 0 Å². The van der Waals surface area contributed by atoms with Crippen molar-refractivity contribution in [3.8, 4) is 0 Å². The zero-order valence-electron chi connectivity index (χ0n) is 15.8. The number of anilines is 1. The van der Waals surface area contributed by atoms with Gasteiger partial charge in [0.15, 0.2) is 5.16 Å². The lowest BCUT2D eigenvalue weighted by Gasteiger charge is -2.18. The van der Waals surface area contributed by atoms with E-state index in [1.54, 1.807) is 11.3 Å². The van der Waals surface area contributed by atoms with Gasteiger partial charge in [-0.3, -0.25) is 4.79 Å². The molecule has 3 rings (SSSR count). The van der Waals surface area contributed by atoms with Crippen LogP contribution in [0.15, 0.2) is 35.5 Å². The summed E-state index contributed by atoms with van der Waals surface area (Å²) in [7, 11) is 0. The minimum atomic E-state index is -0.0249. The number of rotatable bonds is 7. The number of amides is 1. The van der Waals surface area contributed by atoms with Crippen LogP contribution in [-0.2, 0) is 4.79 Å². The van der Waals surface area contributed by atoms with Gasteiger partial charge in [-0.1, -0.05) is 55.4 Å². The molecule has 1 atom stereocenters. The van der Waals surface area contributed by atoms with E-state index in [0.717, 1.165) is 34.2 Å². The number of nitrogens with two attached hydrogens (primary N) is 1. The van der Waals surface area contributed by atoms with Gasteiger partial charge in [-0.2, -0.15) is 0 Å². The first-order chi connectivity index (χ1) is 13.0. The Morgan fingerprint density at radius 3 is 2.70 bits per heavy atom. The maximum Gasteiger partial charge on any atom is 0.230 e. The summed E-state index contributed by atoms with van der Waals surface area (Å²) >= 11 is 2.93. The van der Waals surface area contributed by atoms with Gasteiger partial charge in [0.05, 0.1) is 17.2 Å². The molecule has 5 nitrogen and oxygen atoms in total. The monoisotopic (exact) mass is 400 g/mol. The van der Waals surface area contributed by atoms with Gasteiger partial charge in [0.1, 0.15) is 10.6 Å². The summed E-state index contributed by atoms with van der Waals surface area (Å²) in [4.78, 5) is 23.5. The van der Waals surface area contributed by atoms with Crippen LogP contribution in [0, 0.1) is 13.8 Å². The molecule has 0 bridgehead atoms. The quantitative estimate of drug-likeness (QED) is 0.446. The lowest BCUT2D eigenvalue weighted by molar-refractivity contribution is -0.119. The van der Waals surface area contributed by atoms with Gasteiger partial charge in [-0.05, 0) is 31.4 Å². The summed E-state index contributed by atoms with van der Waals surface area (Å²) < 4.78 is 0. The summed E-state index contributed by atoms with van der Waals surface area (Å²) in [6.45, 7) is 6.21. The number of hydrogen-bond acceptors (Lipinski definition) is 6. The molecule has 1 aromatic carbocycles. The number of aryl methyl sites for hydroxylation is 2. The van der Waals surface area contributed by atoms with Crippen LogP contribution in [0.3, 0.4) is 0 Å². The fourth-order valence-corrected chi connectivity index (χ4v) is 4.74. The Balaban J connectivity index is 1.67.